The highest BCUT2D eigenvalue weighted by Gasteiger charge is 2.35. The second-order valence-electron chi connectivity index (χ2n) is 11.2. The number of aromatic nitrogens is 3. The summed E-state index contributed by atoms with van der Waals surface area (Å²) in [4.78, 5) is 31.0. The summed E-state index contributed by atoms with van der Waals surface area (Å²) >= 11 is 1.27. The van der Waals surface area contributed by atoms with E-state index in [1.54, 1.807) is 23.5 Å². The molecule has 12 heteroatoms. The van der Waals surface area contributed by atoms with E-state index < -0.39 is 23.3 Å². The number of nitrogens with zero attached hydrogens (tertiary/aromatic N) is 3. The summed E-state index contributed by atoms with van der Waals surface area (Å²) < 4.78 is 48.3. The molecule has 3 aromatic heterocycles. The maximum atomic E-state index is 15.5. The van der Waals surface area contributed by atoms with Gasteiger partial charge in [0.1, 0.15) is 28.7 Å². The molecule has 1 amide bonds. The van der Waals surface area contributed by atoms with Gasteiger partial charge in [0.15, 0.2) is 0 Å². The summed E-state index contributed by atoms with van der Waals surface area (Å²) in [6.45, 7) is 6.86. The van der Waals surface area contributed by atoms with Crippen molar-refractivity contribution in [1.29, 1.82) is 0 Å². The van der Waals surface area contributed by atoms with E-state index in [2.05, 4.69) is 4.98 Å². The van der Waals surface area contributed by atoms with Crippen molar-refractivity contribution in [2.24, 2.45) is 0 Å². The van der Waals surface area contributed by atoms with Gasteiger partial charge >= 0.3 is 6.09 Å². The average Bonchev–Trinajstić information content (AvgIpc) is 3.58. The molecule has 4 aromatic rings. The number of unbranched alkanes of at least 4 members (excludes halogenated alkanes) is 1. The molecule has 9 nitrogen and oxygen atoms in total. The summed E-state index contributed by atoms with van der Waals surface area (Å²) in [5.74, 6) is -1.62. The number of nitrogens with one attached hydrogen (secondary N) is 1. The number of hydrogen-bond acceptors (Lipinski definition) is 7. The van der Waals surface area contributed by atoms with Gasteiger partial charge in [-0.3, -0.25) is 14.4 Å². The Bertz CT molecular complexity index is 1670. The molecule has 0 saturated heterocycles. The molecule has 1 atom stereocenters. The van der Waals surface area contributed by atoms with Crippen LogP contribution in [0.4, 0.5) is 13.6 Å². The first-order chi connectivity index (χ1) is 20.0. The lowest BCUT2D eigenvalue weighted by molar-refractivity contribution is 0.00843. The first kappa shape index (κ1) is 29.7. The van der Waals surface area contributed by atoms with Gasteiger partial charge in [0, 0.05) is 38.0 Å². The number of carbonyl (C=O) groups excluding carboxylic acids is 1. The van der Waals surface area contributed by atoms with Gasteiger partial charge in [-0.25, -0.2) is 13.6 Å². The number of thiophene rings is 1. The molecule has 5 rings (SSSR count). The number of methoxy groups -OCH3 is 2. The number of rotatable bonds is 8. The van der Waals surface area contributed by atoms with Gasteiger partial charge in [0.25, 0.3) is 5.56 Å². The zero-order valence-corrected chi connectivity index (χ0v) is 25.1. The molecule has 0 radical (unpaired) electrons. The third-order valence-electron chi connectivity index (χ3n) is 7.16. The predicted octanol–water partition coefficient (Wildman–Crippen LogP) is 6.52. The van der Waals surface area contributed by atoms with Crippen LogP contribution < -0.4 is 10.3 Å². The van der Waals surface area contributed by atoms with E-state index in [4.69, 9.17) is 19.3 Å². The van der Waals surface area contributed by atoms with E-state index in [1.165, 1.54) is 18.4 Å². The molecular weight excluding hydrogens is 566 g/mol. The summed E-state index contributed by atoms with van der Waals surface area (Å²) in [7, 11) is 2.99. The molecule has 224 valence electrons. The Balaban J connectivity index is 1.66. The van der Waals surface area contributed by atoms with E-state index in [9.17, 15) is 14.0 Å². The lowest BCUT2D eigenvalue weighted by Crippen LogP contribution is -2.44. The molecule has 0 bridgehead atoms. The fourth-order valence-electron chi connectivity index (χ4n) is 5.37. The Morgan fingerprint density at radius 1 is 1.14 bits per heavy atom. The average molecular weight is 601 g/mol. The first-order valence-corrected chi connectivity index (χ1v) is 14.6. The predicted molar refractivity (Wildman–Crippen MR) is 157 cm³/mol. The number of benzene rings is 1. The lowest BCUT2D eigenvalue weighted by Gasteiger charge is -2.37. The number of fused-ring (bicyclic) bond motifs is 2. The third-order valence-corrected chi connectivity index (χ3v) is 8.09. The summed E-state index contributed by atoms with van der Waals surface area (Å²) in [6, 6.07) is 5.04. The zero-order chi connectivity index (χ0) is 30.2. The van der Waals surface area contributed by atoms with Gasteiger partial charge in [-0.15, -0.1) is 11.3 Å². The van der Waals surface area contributed by atoms with Gasteiger partial charge in [-0.05, 0) is 57.5 Å². The number of aromatic amines is 1. The van der Waals surface area contributed by atoms with Crippen LogP contribution in [0.5, 0.6) is 5.75 Å². The summed E-state index contributed by atoms with van der Waals surface area (Å²) in [5.41, 5.74) is 0.797. The van der Waals surface area contributed by atoms with Crippen LogP contribution in [-0.4, -0.2) is 58.7 Å². The zero-order valence-electron chi connectivity index (χ0n) is 24.3. The molecule has 0 aliphatic carbocycles. The van der Waals surface area contributed by atoms with Crippen molar-refractivity contribution in [3.05, 3.63) is 57.3 Å². The highest BCUT2D eigenvalue weighted by molar-refractivity contribution is 7.17. The molecule has 1 aliphatic rings. The molecule has 1 aliphatic heterocycles. The number of amides is 1. The normalized spacial score (nSPS) is 15.2. The number of H-pyrrole nitrogens is 1. The second-order valence-corrected chi connectivity index (χ2v) is 12.1. The highest BCUT2D eigenvalue weighted by atomic mass is 32.1. The molecule has 42 heavy (non-hydrogen) atoms. The van der Waals surface area contributed by atoms with E-state index in [0.717, 1.165) is 30.7 Å². The fraction of sp³-hybridized carbons (Fsp3) is 0.433. The van der Waals surface area contributed by atoms with E-state index in [1.807, 2.05) is 31.5 Å². The minimum atomic E-state index is -0.828. The number of pyridine rings is 1. The van der Waals surface area contributed by atoms with Gasteiger partial charge < -0.3 is 19.2 Å². The SMILES string of the molecule is COCCCC[C@H]1c2cc(-c3[nH]c(=O)c4ccsc4c3-c3c(F)cc(F)cc3OC)nn2CCN1C(=O)OC(C)(C)C. The van der Waals surface area contributed by atoms with Crippen molar-refractivity contribution in [1.82, 2.24) is 19.7 Å². The Labute approximate surface area is 246 Å². The first-order valence-electron chi connectivity index (χ1n) is 13.8. The molecule has 0 unspecified atom stereocenters. The van der Waals surface area contributed by atoms with Crippen molar-refractivity contribution < 1.29 is 27.8 Å². The maximum absolute atomic E-state index is 15.5. The van der Waals surface area contributed by atoms with Crippen LogP contribution in [-0.2, 0) is 16.0 Å². The number of hydrogen-bond donors (Lipinski definition) is 1. The topological polar surface area (TPSA) is 98.7 Å². The van der Waals surface area contributed by atoms with Crippen LogP contribution in [0.2, 0.25) is 0 Å². The minimum absolute atomic E-state index is 0.00779. The molecule has 0 saturated carbocycles. The van der Waals surface area contributed by atoms with Crippen LogP contribution >= 0.6 is 11.3 Å². The lowest BCUT2D eigenvalue weighted by atomic mass is 9.98. The Hall–Kier alpha value is -3.77. The van der Waals surface area contributed by atoms with Crippen LogP contribution in [0, 0.1) is 11.6 Å². The summed E-state index contributed by atoms with van der Waals surface area (Å²) in [5, 5.41) is 6.94. The van der Waals surface area contributed by atoms with Crippen LogP contribution in [0.1, 0.15) is 51.8 Å². The molecule has 1 N–H and O–H groups in total. The standard InChI is InChI=1S/C30H34F2N4O5S/c1-30(2,3)41-29(38)35-10-11-36-22(21(35)8-6-7-12-39-4)16-20(34-36)26-25(27-18(9-13-42-27)28(37)33-26)24-19(32)14-17(31)15-23(24)40-5/h9,13-16,21H,6-8,10-12H2,1-5H3,(H,33,37)/t21-/m0/s1. The van der Waals surface area contributed by atoms with Crippen molar-refractivity contribution in [2.45, 2.75) is 58.2 Å². The van der Waals surface area contributed by atoms with Crippen LogP contribution in [0.15, 0.2) is 34.4 Å². The van der Waals surface area contributed by atoms with E-state index >= 15 is 4.39 Å². The van der Waals surface area contributed by atoms with Crippen molar-refractivity contribution >= 4 is 27.5 Å². The Morgan fingerprint density at radius 3 is 2.64 bits per heavy atom. The number of halogens is 2. The fourth-order valence-corrected chi connectivity index (χ4v) is 6.32. The van der Waals surface area contributed by atoms with Gasteiger partial charge in [0.05, 0.1) is 46.7 Å². The van der Waals surface area contributed by atoms with Crippen molar-refractivity contribution in [3.8, 4) is 28.3 Å². The molecule has 0 spiro atoms. The minimum Gasteiger partial charge on any atom is -0.496 e. The third kappa shape index (κ3) is 5.78. The van der Waals surface area contributed by atoms with Crippen molar-refractivity contribution in [3.63, 3.8) is 0 Å². The second kappa shape index (κ2) is 11.8. The molecule has 4 heterocycles. The summed E-state index contributed by atoms with van der Waals surface area (Å²) in [6.07, 6.45) is 1.83. The highest BCUT2D eigenvalue weighted by Crippen LogP contribution is 2.44. The van der Waals surface area contributed by atoms with Gasteiger partial charge in [0.2, 0.25) is 0 Å². The van der Waals surface area contributed by atoms with Crippen molar-refractivity contribution in [2.75, 3.05) is 27.4 Å². The number of ether oxygens (including phenoxy) is 3. The quantitative estimate of drug-likeness (QED) is 0.232. The monoisotopic (exact) mass is 600 g/mol. The van der Waals surface area contributed by atoms with Gasteiger partial charge in [-0.1, -0.05) is 0 Å². The smallest absolute Gasteiger partial charge is 0.410 e. The maximum Gasteiger partial charge on any atom is 0.410 e. The molecule has 0 fully saturated rings. The van der Waals surface area contributed by atoms with E-state index in [0.29, 0.717) is 47.5 Å². The molecule has 1 aromatic carbocycles. The van der Waals surface area contributed by atoms with E-state index in [-0.39, 0.29) is 28.6 Å². The van der Waals surface area contributed by atoms with Crippen LogP contribution in [0.3, 0.4) is 0 Å². The van der Waals surface area contributed by atoms with Crippen LogP contribution in [0.25, 0.3) is 32.6 Å². The largest absolute Gasteiger partial charge is 0.496 e. The Kier molecular flexibility index (Phi) is 8.38. The molecular formula is C30H34F2N4O5S. The number of carbonyl (C=O) groups is 1. The Morgan fingerprint density at radius 2 is 1.93 bits per heavy atom. The van der Waals surface area contributed by atoms with Gasteiger partial charge in [-0.2, -0.15) is 5.10 Å².